The summed E-state index contributed by atoms with van der Waals surface area (Å²) in [5, 5.41) is 10.4. The predicted molar refractivity (Wildman–Crippen MR) is 74.7 cm³/mol. The summed E-state index contributed by atoms with van der Waals surface area (Å²) in [7, 11) is 0. The predicted octanol–water partition coefficient (Wildman–Crippen LogP) is 4.02. The van der Waals surface area contributed by atoms with Gasteiger partial charge in [-0.2, -0.15) is 0 Å². The number of hydrogen-bond acceptors (Lipinski definition) is 1. The Bertz CT molecular complexity index is 565. The fraction of sp³-hybridized carbons (Fsp3) is 0.333. The highest BCUT2D eigenvalue weighted by Crippen LogP contribution is 2.23. The lowest BCUT2D eigenvalue weighted by atomic mass is 10.0. The maximum Gasteiger partial charge on any atom is 0.124 e. The van der Waals surface area contributed by atoms with Crippen LogP contribution in [0.25, 0.3) is 0 Å². The van der Waals surface area contributed by atoms with E-state index in [4.69, 9.17) is 11.6 Å². The molecule has 2 aromatic rings. The fourth-order valence-corrected chi connectivity index (χ4v) is 2.19. The molecule has 0 aliphatic rings. The van der Waals surface area contributed by atoms with Crippen LogP contribution in [-0.2, 0) is 6.54 Å². The maximum absolute atomic E-state index is 13.0. The second-order valence-corrected chi connectivity index (χ2v) is 5.45. The highest BCUT2D eigenvalue weighted by atomic mass is 35.5. The smallest absolute Gasteiger partial charge is 0.124 e. The number of aliphatic hydroxyl groups is 1. The molecule has 1 unspecified atom stereocenters. The van der Waals surface area contributed by atoms with Crippen LogP contribution in [0.2, 0.25) is 5.02 Å². The Kier molecular flexibility index (Phi) is 4.27. The van der Waals surface area contributed by atoms with Crippen molar-refractivity contribution in [3.8, 4) is 0 Å². The molecule has 0 fully saturated rings. The summed E-state index contributed by atoms with van der Waals surface area (Å²) in [5.74, 6) is -0.164. The SMILES string of the molecule is CC(C)C(O)c1ccn(Cc2ccc(F)cc2Cl)c1. The monoisotopic (exact) mass is 281 g/mol. The van der Waals surface area contributed by atoms with Crippen LogP contribution in [0.1, 0.15) is 31.1 Å². The van der Waals surface area contributed by atoms with E-state index in [1.165, 1.54) is 12.1 Å². The van der Waals surface area contributed by atoms with Gasteiger partial charge in [-0.05, 0) is 35.2 Å². The van der Waals surface area contributed by atoms with Gasteiger partial charge < -0.3 is 9.67 Å². The minimum Gasteiger partial charge on any atom is -0.388 e. The van der Waals surface area contributed by atoms with E-state index in [1.807, 2.05) is 36.9 Å². The van der Waals surface area contributed by atoms with Gasteiger partial charge in [-0.1, -0.05) is 31.5 Å². The molecule has 0 amide bonds. The number of aromatic nitrogens is 1. The van der Waals surface area contributed by atoms with E-state index in [0.29, 0.717) is 11.6 Å². The second kappa shape index (κ2) is 5.76. The summed E-state index contributed by atoms with van der Waals surface area (Å²) in [5.41, 5.74) is 1.73. The normalized spacial score (nSPS) is 12.9. The van der Waals surface area contributed by atoms with Crippen molar-refractivity contribution in [1.29, 1.82) is 0 Å². The average Bonchev–Trinajstić information content (AvgIpc) is 2.80. The summed E-state index contributed by atoms with van der Waals surface area (Å²) < 4.78 is 14.9. The lowest BCUT2D eigenvalue weighted by Gasteiger charge is -2.12. The van der Waals surface area contributed by atoms with Gasteiger partial charge in [-0.3, -0.25) is 0 Å². The first kappa shape index (κ1) is 14.1. The van der Waals surface area contributed by atoms with Gasteiger partial charge in [0.05, 0.1) is 6.10 Å². The molecular weight excluding hydrogens is 265 g/mol. The van der Waals surface area contributed by atoms with E-state index in [2.05, 4.69) is 0 Å². The molecule has 0 spiro atoms. The molecule has 2 nitrogen and oxygen atoms in total. The number of benzene rings is 1. The Balaban J connectivity index is 2.16. The maximum atomic E-state index is 13.0. The van der Waals surface area contributed by atoms with Crippen LogP contribution >= 0.6 is 11.6 Å². The van der Waals surface area contributed by atoms with Gasteiger partial charge in [0.15, 0.2) is 0 Å². The average molecular weight is 282 g/mol. The Morgan fingerprint density at radius 3 is 2.68 bits per heavy atom. The number of halogens is 2. The zero-order valence-electron chi connectivity index (χ0n) is 11.0. The molecule has 0 saturated heterocycles. The van der Waals surface area contributed by atoms with Gasteiger partial charge >= 0.3 is 0 Å². The number of hydrogen-bond donors (Lipinski definition) is 1. The Morgan fingerprint density at radius 2 is 2.05 bits per heavy atom. The third-order valence-electron chi connectivity index (χ3n) is 3.11. The first-order valence-corrected chi connectivity index (χ1v) is 6.63. The highest BCUT2D eigenvalue weighted by molar-refractivity contribution is 6.31. The van der Waals surface area contributed by atoms with Crippen molar-refractivity contribution in [2.75, 3.05) is 0 Å². The van der Waals surface area contributed by atoms with Crippen molar-refractivity contribution >= 4 is 11.6 Å². The third-order valence-corrected chi connectivity index (χ3v) is 3.47. The Morgan fingerprint density at radius 1 is 1.32 bits per heavy atom. The van der Waals surface area contributed by atoms with Crippen molar-refractivity contribution in [1.82, 2.24) is 4.57 Å². The molecule has 102 valence electrons. The topological polar surface area (TPSA) is 25.2 Å². The van der Waals surface area contributed by atoms with Crippen LogP contribution in [0.15, 0.2) is 36.7 Å². The molecule has 0 saturated carbocycles. The molecule has 4 heteroatoms. The van der Waals surface area contributed by atoms with E-state index in [9.17, 15) is 9.50 Å². The van der Waals surface area contributed by atoms with Crippen LogP contribution in [-0.4, -0.2) is 9.67 Å². The molecule has 1 N–H and O–H groups in total. The summed E-state index contributed by atoms with van der Waals surface area (Å²) in [6, 6.07) is 6.27. The van der Waals surface area contributed by atoms with Crippen LogP contribution in [0.4, 0.5) is 4.39 Å². The van der Waals surface area contributed by atoms with Crippen LogP contribution in [0.3, 0.4) is 0 Å². The molecule has 0 aliphatic carbocycles. The summed E-state index contributed by atoms with van der Waals surface area (Å²) >= 11 is 6.00. The summed E-state index contributed by atoms with van der Waals surface area (Å²) in [6.45, 7) is 4.50. The quantitative estimate of drug-likeness (QED) is 0.900. The summed E-state index contributed by atoms with van der Waals surface area (Å²) in [4.78, 5) is 0. The lowest BCUT2D eigenvalue weighted by Crippen LogP contribution is -2.04. The third kappa shape index (κ3) is 3.37. The highest BCUT2D eigenvalue weighted by Gasteiger charge is 2.13. The zero-order chi connectivity index (χ0) is 14.0. The van der Waals surface area contributed by atoms with Gasteiger partial charge in [0, 0.05) is 24.0 Å². The largest absolute Gasteiger partial charge is 0.388 e. The van der Waals surface area contributed by atoms with Crippen molar-refractivity contribution in [2.24, 2.45) is 5.92 Å². The standard InChI is InChI=1S/C15H17ClFNO/c1-10(2)15(19)12-5-6-18(9-12)8-11-3-4-13(17)7-14(11)16/h3-7,9-10,15,19H,8H2,1-2H3. The molecule has 0 radical (unpaired) electrons. The van der Waals surface area contributed by atoms with Crippen molar-refractivity contribution in [3.05, 3.63) is 58.6 Å². The Labute approximate surface area is 117 Å². The minimum atomic E-state index is -0.468. The molecule has 0 bridgehead atoms. The van der Waals surface area contributed by atoms with E-state index < -0.39 is 6.10 Å². The lowest BCUT2D eigenvalue weighted by molar-refractivity contribution is 0.127. The Hall–Kier alpha value is -1.32. The minimum absolute atomic E-state index is 0.172. The molecule has 2 rings (SSSR count). The van der Waals surface area contributed by atoms with E-state index in [1.54, 1.807) is 6.07 Å². The number of rotatable bonds is 4. The molecule has 1 aromatic heterocycles. The van der Waals surface area contributed by atoms with E-state index >= 15 is 0 Å². The second-order valence-electron chi connectivity index (χ2n) is 5.04. The van der Waals surface area contributed by atoms with Gasteiger partial charge in [0.2, 0.25) is 0 Å². The molecule has 1 aromatic carbocycles. The fourth-order valence-electron chi connectivity index (χ4n) is 1.96. The molecule has 1 heterocycles. The number of nitrogens with zero attached hydrogens (tertiary/aromatic N) is 1. The van der Waals surface area contributed by atoms with Gasteiger partial charge in [0.1, 0.15) is 5.82 Å². The van der Waals surface area contributed by atoms with Gasteiger partial charge in [-0.25, -0.2) is 4.39 Å². The van der Waals surface area contributed by atoms with Gasteiger partial charge in [-0.15, -0.1) is 0 Å². The summed E-state index contributed by atoms with van der Waals surface area (Å²) in [6.07, 6.45) is 3.32. The van der Waals surface area contributed by atoms with Crippen LogP contribution in [0.5, 0.6) is 0 Å². The number of aliphatic hydroxyl groups excluding tert-OH is 1. The van der Waals surface area contributed by atoms with Crippen molar-refractivity contribution in [2.45, 2.75) is 26.5 Å². The molecule has 1 atom stereocenters. The first-order chi connectivity index (χ1) is 8.97. The molecule has 19 heavy (non-hydrogen) atoms. The van der Waals surface area contributed by atoms with Crippen LogP contribution < -0.4 is 0 Å². The van der Waals surface area contributed by atoms with Crippen LogP contribution in [0, 0.1) is 11.7 Å². The zero-order valence-corrected chi connectivity index (χ0v) is 11.7. The molecule has 0 aliphatic heterocycles. The molecular formula is C15H17ClFNO. The first-order valence-electron chi connectivity index (χ1n) is 6.25. The van der Waals surface area contributed by atoms with Crippen molar-refractivity contribution in [3.63, 3.8) is 0 Å². The van der Waals surface area contributed by atoms with Gasteiger partial charge in [0.25, 0.3) is 0 Å². The van der Waals surface area contributed by atoms with E-state index in [0.717, 1.165) is 11.1 Å². The van der Waals surface area contributed by atoms with Crippen molar-refractivity contribution < 1.29 is 9.50 Å². The van der Waals surface area contributed by atoms with E-state index in [-0.39, 0.29) is 11.7 Å².